The van der Waals surface area contributed by atoms with Crippen molar-refractivity contribution in [1.82, 2.24) is 9.97 Å². The van der Waals surface area contributed by atoms with Crippen LogP contribution in [0.4, 0.5) is 0 Å². The van der Waals surface area contributed by atoms with Gasteiger partial charge in [-0.25, -0.2) is 0 Å². The van der Waals surface area contributed by atoms with E-state index in [0.29, 0.717) is 0 Å². The van der Waals surface area contributed by atoms with Gasteiger partial charge in [0, 0.05) is 27.6 Å². The Balaban J connectivity index is 2.64. The van der Waals surface area contributed by atoms with Gasteiger partial charge < -0.3 is 0 Å². The Bertz CT molecular complexity index is 649. The molecule has 72 valence electrons. The number of halogens is 1. The Morgan fingerprint density at radius 1 is 0.933 bits per heavy atom. The minimum absolute atomic E-state index is 0.968. The summed E-state index contributed by atoms with van der Waals surface area (Å²) in [5.74, 6) is 0. The zero-order valence-corrected chi connectivity index (χ0v) is 9.40. The fraction of sp³-hybridized carbons (Fsp3) is 0. The zero-order chi connectivity index (χ0) is 10.3. The van der Waals surface area contributed by atoms with E-state index in [0.717, 1.165) is 26.3 Å². The second-order valence-corrected chi connectivity index (χ2v) is 4.18. The average molecular weight is 259 g/mol. The lowest BCUT2D eigenvalue weighted by molar-refractivity contribution is 1.38. The minimum atomic E-state index is 0.968. The number of rotatable bonds is 0. The molecule has 2 nitrogen and oxygen atoms in total. The molecule has 3 aromatic rings. The number of nitrogens with zero attached hydrogens (tertiary/aromatic N) is 2. The van der Waals surface area contributed by atoms with Crippen LogP contribution in [0.1, 0.15) is 0 Å². The molecule has 0 aliphatic rings. The molecule has 0 unspecified atom stereocenters. The van der Waals surface area contributed by atoms with Gasteiger partial charge in [-0.1, -0.05) is 12.1 Å². The number of aromatic nitrogens is 2. The van der Waals surface area contributed by atoms with Crippen LogP contribution in [0.15, 0.2) is 47.2 Å². The third-order valence-corrected chi connectivity index (χ3v) is 3.09. The van der Waals surface area contributed by atoms with Gasteiger partial charge in [-0.15, -0.1) is 0 Å². The molecule has 15 heavy (non-hydrogen) atoms. The van der Waals surface area contributed by atoms with Crippen molar-refractivity contribution in [3.05, 3.63) is 47.2 Å². The number of pyridine rings is 2. The third kappa shape index (κ3) is 1.31. The number of fused-ring (bicyclic) bond motifs is 3. The molecular formula is C12H7BrN2. The van der Waals surface area contributed by atoms with E-state index < -0.39 is 0 Å². The summed E-state index contributed by atoms with van der Waals surface area (Å²) in [7, 11) is 0. The molecule has 1 aromatic carbocycles. The topological polar surface area (TPSA) is 25.8 Å². The molecule has 3 rings (SSSR count). The summed E-state index contributed by atoms with van der Waals surface area (Å²) < 4.78 is 1.04. The lowest BCUT2D eigenvalue weighted by Gasteiger charge is -2.03. The third-order valence-electron chi connectivity index (χ3n) is 2.43. The van der Waals surface area contributed by atoms with Gasteiger partial charge in [-0.05, 0) is 34.1 Å². The lowest BCUT2D eigenvalue weighted by Crippen LogP contribution is -1.84. The van der Waals surface area contributed by atoms with Crippen LogP contribution in [0.25, 0.3) is 21.8 Å². The molecule has 2 aromatic heterocycles. The highest BCUT2D eigenvalue weighted by Crippen LogP contribution is 2.28. The molecule has 0 spiro atoms. The SMILES string of the molecule is Brc1ccnc2ccc3cccnc3c12. The van der Waals surface area contributed by atoms with Crippen LogP contribution in [0.2, 0.25) is 0 Å². The van der Waals surface area contributed by atoms with Crippen molar-refractivity contribution < 1.29 is 0 Å². The van der Waals surface area contributed by atoms with E-state index in [9.17, 15) is 0 Å². The average Bonchev–Trinajstić information content (AvgIpc) is 2.29. The normalized spacial score (nSPS) is 11.0. The fourth-order valence-corrected chi connectivity index (χ4v) is 2.25. The Morgan fingerprint density at radius 2 is 1.87 bits per heavy atom. The van der Waals surface area contributed by atoms with Gasteiger partial charge in [0.05, 0.1) is 11.0 Å². The van der Waals surface area contributed by atoms with Crippen molar-refractivity contribution in [2.45, 2.75) is 0 Å². The molecule has 0 saturated carbocycles. The molecule has 2 heterocycles. The summed E-state index contributed by atoms with van der Waals surface area (Å²) in [5, 5.41) is 2.22. The predicted octanol–water partition coefficient (Wildman–Crippen LogP) is 3.55. The van der Waals surface area contributed by atoms with Crippen molar-refractivity contribution in [2.75, 3.05) is 0 Å². The van der Waals surface area contributed by atoms with E-state index in [1.54, 1.807) is 12.4 Å². The standard InChI is InChI=1S/C12H7BrN2/c13-9-5-7-14-10-4-3-8-2-1-6-15-12(8)11(9)10/h1-7H. The Kier molecular flexibility index (Phi) is 1.92. The predicted molar refractivity (Wildman–Crippen MR) is 64.7 cm³/mol. The first-order valence-electron chi connectivity index (χ1n) is 4.64. The first kappa shape index (κ1) is 8.80. The van der Waals surface area contributed by atoms with Gasteiger partial charge in [0.2, 0.25) is 0 Å². The van der Waals surface area contributed by atoms with Crippen LogP contribution in [0.3, 0.4) is 0 Å². The fourth-order valence-electron chi connectivity index (χ4n) is 1.74. The van der Waals surface area contributed by atoms with E-state index >= 15 is 0 Å². The molecule has 0 aliphatic heterocycles. The van der Waals surface area contributed by atoms with E-state index in [-0.39, 0.29) is 0 Å². The summed E-state index contributed by atoms with van der Waals surface area (Å²) in [6, 6.07) is 10.0. The van der Waals surface area contributed by atoms with Crippen molar-refractivity contribution in [2.24, 2.45) is 0 Å². The van der Waals surface area contributed by atoms with Crippen LogP contribution in [-0.4, -0.2) is 9.97 Å². The van der Waals surface area contributed by atoms with Crippen LogP contribution in [0, 0.1) is 0 Å². The van der Waals surface area contributed by atoms with Gasteiger partial charge in [0.1, 0.15) is 0 Å². The van der Waals surface area contributed by atoms with E-state index in [4.69, 9.17) is 0 Å². The Hall–Kier alpha value is -1.48. The monoisotopic (exact) mass is 258 g/mol. The Morgan fingerprint density at radius 3 is 2.80 bits per heavy atom. The van der Waals surface area contributed by atoms with Gasteiger partial charge in [0.25, 0.3) is 0 Å². The van der Waals surface area contributed by atoms with Crippen molar-refractivity contribution >= 4 is 37.7 Å². The van der Waals surface area contributed by atoms with Gasteiger partial charge >= 0.3 is 0 Å². The molecule has 0 aliphatic carbocycles. The summed E-state index contributed by atoms with van der Waals surface area (Å²) in [6.07, 6.45) is 3.60. The largest absolute Gasteiger partial charge is 0.256 e. The zero-order valence-electron chi connectivity index (χ0n) is 7.81. The highest BCUT2D eigenvalue weighted by molar-refractivity contribution is 9.10. The van der Waals surface area contributed by atoms with E-state index in [2.05, 4.69) is 32.0 Å². The molecule has 0 amide bonds. The highest BCUT2D eigenvalue weighted by atomic mass is 79.9. The molecule has 0 bridgehead atoms. The summed E-state index contributed by atoms with van der Waals surface area (Å²) in [5.41, 5.74) is 1.96. The van der Waals surface area contributed by atoms with Crippen LogP contribution in [-0.2, 0) is 0 Å². The molecule has 0 radical (unpaired) electrons. The van der Waals surface area contributed by atoms with Crippen molar-refractivity contribution in [3.63, 3.8) is 0 Å². The van der Waals surface area contributed by atoms with Crippen molar-refractivity contribution in [3.8, 4) is 0 Å². The van der Waals surface area contributed by atoms with Gasteiger partial charge in [0.15, 0.2) is 0 Å². The second-order valence-electron chi connectivity index (χ2n) is 3.33. The molecular weight excluding hydrogens is 252 g/mol. The number of benzene rings is 1. The van der Waals surface area contributed by atoms with Crippen LogP contribution < -0.4 is 0 Å². The second kappa shape index (κ2) is 3.28. The van der Waals surface area contributed by atoms with Gasteiger partial charge in [-0.2, -0.15) is 0 Å². The Labute approximate surface area is 95.1 Å². The maximum Gasteiger partial charge on any atom is 0.0807 e. The number of hydrogen-bond donors (Lipinski definition) is 0. The summed E-state index contributed by atoms with van der Waals surface area (Å²) in [4.78, 5) is 8.72. The molecule has 0 N–H and O–H groups in total. The van der Waals surface area contributed by atoms with Crippen LogP contribution in [0.5, 0.6) is 0 Å². The minimum Gasteiger partial charge on any atom is -0.256 e. The number of hydrogen-bond acceptors (Lipinski definition) is 2. The quantitative estimate of drug-likeness (QED) is 0.577. The molecule has 0 fully saturated rings. The first-order valence-corrected chi connectivity index (χ1v) is 5.43. The van der Waals surface area contributed by atoms with E-state index in [1.165, 1.54) is 0 Å². The summed E-state index contributed by atoms with van der Waals surface area (Å²) in [6.45, 7) is 0. The maximum absolute atomic E-state index is 4.40. The molecule has 0 saturated heterocycles. The summed E-state index contributed by atoms with van der Waals surface area (Å²) >= 11 is 3.54. The molecule has 3 heteroatoms. The van der Waals surface area contributed by atoms with Gasteiger partial charge in [-0.3, -0.25) is 9.97 Å². The first-order chi connectivity index (χ1) is 7.36. The smallest absolute Gasteiger partial charge is 0.0807 e. The highest BCUT2D eigenvalue weighted by Gasteiger charge is 2.04. The van der Waals surface area contributed by atoms with Crippen LogP contribution >= 0.6 is 15.9 Å². The van der Waals surface area contributed by atoms with Crippen molar-refractivity contribution in [1.29, 1.82) is 0 Å². The lowest BCUT2D eigenvalue weighted by atomic mass is 10.1. The maximum atomic E-state index is 4.40. The molecule has 0 atom stereocenters. The van der Waals surface area contributed by atoms with E-state index in [1.807, 2.05) is 24.3 Å².